The lowest BCUT2D eigenvalue weighted by Crippen LogP contribution is -2.22. The summed E-state index contributed by atoms with van der Waals surface area (Å²) in [7, 11) is 0. The maximum Gasteiger partial charge on any atom is 0.0192 e. The quantitative estimate of drug-likeness (QED) is 0.566. The van der Waals surface area contributed by atoms with E-state index >= 15 is 0 Å². The van der Waals surface area contributed by atoms with Crippen LogP contribution in [0.25, 0.3) is 0 Å². The van der Waals surface area contributed by atoms with E-state index in [1.54, 1.807) is 5.57 Å². The maximum atomic E-state index is 2.55. The highest BCUT2D eigenvalue weighted by Crippen LogP contribution is 2.19. The summed E-state index contributed by atoms with van der Waals surface area (Å²) in [5.74, 6) is 0. The van der Waals surface area contributed by atoms with Crippen molar-refractivity contribution in [3.8, 4) is 0 Å². The lowest BCUT2D eigenvalue weighted by Gasteiger charge is -2.19. The van der Waals surface area contributed by atoms with Gasteiger partial charge in [-0.2, -0.15) is 0 Å². The summed E-state index contributed by atoms with van der Waals surface area (Å²) in [5, 5.41) is 0. The summed E-state index contributed by atoms with van der Waals surface area (Å²) >= 11 is 0. The highest BCUT2D eigenvalue weighted by Gasteiger charge is 2.13. The smallest absolute Gasteiger partial charge is 0.0192 e. The van der Waals surface area contributed by atoms with Crippen molar-refractivity contribution >= 4 is 0 Å². The first-order valence-corrected chi connectivity index (χ1v) is 5.17. The molecule has 1 nitrogen and oxygen atoms in total. The monoisotopic (exact) mass is 164 g/mol. The molecule has 2 rings (SSSR count). The van der Waals surface area contributed by atoms with Gasteiger partial charge in [0.05, 0.1) is 0 Å². The van der Waals surface area contributed by atoms with Gasteiger partial charge in [-0.25, -0.2) is 0 Å². The van der Waals surface area contributed by atoms with Crippen LogP contribution in [-0.4, -0.2) is 24.5 Å². The van der Waals surface area contributed by atoms with E-state index < -0.39 is 0 Å². The summed E-state index contributed by atoms with van der Waals surface area (Å²) in [5.41, 5.74) is 1.69. The van der Waals surface area contributed by atoms with Crippen molar-refractivity contribution in [1.29, 1.82) is 0 Å². The van der Waals surface area contributed by atoms with Gasteiger partial charge in [0.15, 0.2) is 0 Å². The van der Waals surface area contributed by atoms with Crippen LogP contribution in [0.2, 0.25) is 0 Å². The lowest BCUT2D eigenvalue weighted by molar-refractivity contribution is 0.366. The minimum atomic E-state index is 1.22. The van der Waals surface area contributed by atoms with E-state index in [4.69, 9.17) is 0 Å². The van der Waals surface area contributed by atoms with Gasteiger partial charge in [-0.3, -0.25) is 4.90 Å². The van der Waals surface area contributed by atoms with Crippen molar-refractivity contribution in [3.63, 3.8) is 0 Å². The number of hydrogen-bond donors (Lipinski definition) is 0. The van der Waals surface area contributed by atoms with E-state index in [2.05, 4.69) is 17.4 Å². The van der Waals surface area contributed by atoms with Crippen LogP contribution in [-0.2, 0) is 0 Å². The summed E-state index contributed by atoms with van der Waals surface area (Å²) in [6.45, 7) is 3.76. The Morgan fingerprint density at radius 2 is 2.25 bits per heavy atom. The van der Waals surface area contributed by atoms with Gasteiger partial charge in [0, 0.05) is 13.1 Å². The van der Waals surface area contributed by atoms with E-state index in [-0.39, 0.29) is 0 Å². The van der Waals surface area contributed by atoms with Gasteiger partial charge >= 0.3 is 0 Å². The second-order valence-electron chi connectivity index (χ2n) is 3.92. The normalized spacial score (nSPS) is 25.8. The fraction of sp³-hybridized carbons (Fsp3) is 0.727. The number of hydrogen-bond acceptors (Lipinski definition) is 1. The molecular weight excluding hydrogens is 146 g/mol. The molecule has 0 aromatic carbocycles. The van der Waals surface area contributed by atoms with Gasteiger partial charge in [0.2, 0.25) is 0 Å². The number of likely N-dealkylation sites (tertiary alicyclic amines) is 1. The fourth-order valence-corrected chi connectivity index (χ4v) is 2.12. The molecule has 0 aromatic heterocycles. The summed E-state index contributed by atoms with van der Waals surface area (Å²) in [6.07, 6.45) is 11.7. The Kier molecular flexibility index (Phi) is 2.83. The second kappa shape index (κ2) is 4.08. The van der Waals surface area contributed by atoms with Crippen LogP contribution in [0.1, 0.15) is 32.1 Å². The molecule has 12 heavy (non-hydrogen) atoms. The largest absolute Gasteiger partial charge is 0.299 e. The first-order valence-electron chi connectivity index (χ1n) is 5.17. The molecular formula is C11H18N. The van der Waals surface area contributed by atoms with Crippen LogP contribution in [0.15, 0.2) is 11.6 Å². The van der Waals surface area contributed by atoms with Gasteiger partial charge in [-0.15, -0.1) is 0 Å². The van der Waals surface area contributed by atoms with Crippen LogP contribution in [0, 0.1) is 6.42 Å². The van der Waals surface area contributed by atoms with Crippen LogP contribution < -0.4 is 0 Å². The number of rotatable bonds is 2. The molecule has 1 fully saturated rings. The van der Waals surface area contributed by atoms with Crippen LogP contribution in [0.4, 0.5) is 0 Å². The molecule has 0 unspecified atom stereocenters. The molecule has 1 heterocycles. The zero-order chi connectivity index (χ0) is 8.23. The van der Waals surface area contributed by atoms with Gasteiger partial charge in [0.25, 0.3) is 0 Å². The van der Waals surface area contributed by atoms with Crippen molar-refractivity contribution in [2.24, 2.45) is 0 Å². The van der Waals surface area contributed by atoms with E-state index in [9.17, 15) is 0 Å². The molecule has 0 spiro atoms. The third-order valence-electron chi connectivity index (χ3n) is 2.85. The van der Waals surface area contributed by atoms with Gasteiger partial charge in [-0.05, 0) is 45.1 Å². The molecule has 0 atom stereocenters. The first kappa shape index (κ1) is 8.31. The van der Waals surface area contributed by atoms with Crippen molar-refractivity contribution in [3.05, 3.63) is 18.1 Å². The summed E-state index contributed by atoms with van der Waals surface area (Å²) < 4.78 is 0. The molecule has 0 amide bonds. The Hall–Kier alpha value is -0.300. The zero-order valence-corrected chi connectivity index (χ0v) is 7.76. The highest BCUT2D eigenvalue weighted by atomic mass is 15.1. The predicted octanol–water partition coefficient (Wildman–Crippen LogP) is 2.40. The zero-order valence-electron chi connectivity index (χ0n) is 7.76. The molecule has 0 bridgehead atoms. The van der Waals surface area contributed by atoms with E-state index in [1.165, 1.54) is 51.7 Å². The third kappa shape index (κ3) is 2.10. The maximum absolute atomic E-state index is 2.55. The SMILES string of the molecule is [CH]1CCN(CC2=CCCCC2)C1. The standard InChI is InChI=1S/C11H18N/c1-2-6-11(7-3-1)10-12-8-4-5-9-12/h4,6H,1-3,5,7-10H2. The van der Waals surface area contributed by atoms with E-state index in [0.29, 0.717) is 0 Å². The third-order valence-corrected chi connectivity index (χ3v) is 2.85. The van der Waals surface area contributed by atoms with Crippen molar-refractivity contribution in [1.82, 2.24) is 4.90 Å². The molecule has 1 aliphatic heterocycles. The van der Waals surface area contributed by atoms with Crippen molar-refractivity contribution in [2.75, 3.05) is 19.6 Å². The second-order valence-corrected chi connectivity index (χ2v) is 3.92. The van der Waals surface area contributed by atoms with E-state index in [0.717, 1.165) is 0 Å². The predicted molar refractivity (Wildman–Crippen MR) is 51.9 cm³/mol. The molecule has 0 N–H and O–H groups in total. The molecule has 0 aromatic rings. The molecule has 1 saturated heterocycles. The fourth-order valence-electron chi connectivity index (χ4n) is 2.12. The first-order chi connectivity index (χ1) is 5.95. The van der Waals surface area contributed by atoms with Crippen LogP contribution in [0.5, 0.6) is 0 Å². The Labute approximate surface area is 75.4 Å². The van der Waals surface area contributed by atoms with Gasteiger partial charge < -0.3 is 0 Å². The Morgan fingerprint density at radius 1 is 1.25 bits per heavy atom. The molecule has 1 heteroatoms. The Bertz CT molecular complexity index is 166. The molecule has 67 valence electrons. The lowest BCUT2D eigenvalue weighted by atomic mass is 9.99. The van der Waals surface area contributed by atoms with Crippen LogP contribution >= 0.6 is 0 Å². The van der Waals surface area contributed by atoms with Gasteiger partial charge in [0.1, 0.15) is 0 Å². The van der Waals surface area contributed by atoms with E-state index in [1.807, 2.05) is 0 Å². The summed E-state index contributed by atoms with van der Waals surface area (Å²) in [4.78, 5) is 2.55. The average Bonchev–Trinajstić information content (AvgIpc) is 2.59. The molecule has 2 aliphatic rings. The summed E-state index contributed by atoms with van der Waals surface area (Å²) in [6, 6.07) is 0. The molecule has 0 saturated carbocycles. The minimum Gasteiger partial charge on any atom is -0.299 e. The number of allylic oxidation sites excluding steroid dienone is 1. The highest BCUT2D eigenvalue weighted by molar-refractivity contribution is 5.08. The van der Waals surface area contributed by atoms with Crippen LogP contribution in [0.3, 0.4) is 0 Å². The molecule has 1 aliphatic carbocycles. The number of nitrogens with zero attached hydrogens (tertiary/aromatic N) is 1. The molecule has 1 radical (unpaired) electrons. The Morgan fingerprint density at radius 3 is 2.92 bits per heavy atom. The van der Waals surface area contributed by atoms with Crippen molar-refractivity contribution in [2.45, 2.75) is 32.1 Å². The Balaban J connectivity index is 1.80. The average molecular weight is 164 g/mol. The van der Waals surface area contributed by atoms with Gasteiger partial charge in [-0.1, -0.05) is 11.6 Å². The minimum absolute atomic E-state index is 1.22. The topological polar surface area (TPSA) is 3.24 Å². The van der Waals surface area contributed by atoms with Crippen molar-refractivity contribution < 1.29 is 0 Å².